The summed E-state index contributed by atoms with van der Waals surface area (Å²) >= 11 is 0. The first-order valence-electron chi connectivity index (χ1n) is 9.00. The second-order valence-electron chi connectivity index (χ2n) is 6.92. The Morgan fingerprint density at radius 2 is 1.74 bits per heavy atom. The van der Waals surface area contributed by atoms with E-state index in [-0.39, 0.29) is 11.8 Å². The van der Waals surface area contributed by atoms with Crippen LogP contribution in [0.1, 0.15) is 53.7 Å². The largest absolute Gasteiger partial charge is 0.481 e. The summed E-state index contributed by atoms with van der Waals surface area (Å²) < 4.78 is 10.7. The lowest BCUT2D eigenvalue weighted by atomic mass is 10.0. The number of anilines is 1. The van der Waals surface area contributed by atoms with Gasteiger partial charge >= 0.3 is 5.97 Å². The highest BCUT2D eigenvalue weighted by Crippen LogP contribution is 2.28. The molecule has 0 aliphatic carbocycles. The van der Waals surface area contributed by atoms with Crippen molar-refractivity contribution < 1.29 is 19.1 Å². The van der Waals surface area contributed by atoms with Gasteiger partial charge in [0.1, 0.15) is 5.75 Å². The summed E-state index contributed by atoms with van der Waals surface area (Å²) in [6.45, 7) is 9.64. The minimum atomic E-state index is -0.689. The molecule has 0 aliphatic heterocycles. The number of carbonyl (C=O) groups is 2. The molecule has 0 aliphatic rings. The summed E-state index contributed by atoms with van der Waals surface area (Å²) in [7, 11) is 1.33. The number of rotatable bonds is 6. The van der Waals surface area contributed by atoms with E-state index in [9.17, 15) is 9.59 Å². The lowest BCUT2D eigenvalue weighted by Crippen LogP contribution is -2.31. The first kappa shape index (κ1) is 20.5. The zero-order valence-corrected chi connectivity index (χ0v) is 16.8. The van der Waals surface area contributed by atoms with Crippen molar-refractivity contribution in [3.8, 4) is 5.75 Å². The van der Waals surface area contributed by atoms with Gasteiger partial charge in [-0.3, -0.25) is 4.79 Å². The molecule has 27 heavy (non-hydrogen) atoms. The molecular formula is C22H27NO4. The molecule has 0 spiro atoms. The molecule has 2 aromatic rings. The quantitative estimate of drug-likeness (QED) is 0.755. The van der Waals surface area contributed by atoms with Crippen LogP contribution >= 0.6 is 0 Å². The maximum absolute atomic E-state index is 12.6. The van der Waals surface area contributed by atoms with Gasteiger partial charge in [-0.15, -0.1) is 0 Å². The molecule has 1 N–H and O–H groups in total. The SMILES string of the molecule is COC(=O)c1cccc(NC(=O)[C@H](C)Oc2cc(C)ccc2C(C)C)c1C. The Labute approximate surface area is 160 Å². The number of esters is 1. The van der Waals surface area contributed by atoms with Gasteiger partial charge in [-0.1, -0.05) is 32.0 Å². The lowest BCUT2D eigenvalue weighted by Gasteiger charge is -2.20. The van der Waals surface area contributed by atoms with Crippen molar-refractivity contribution in [1.82, 2.24) is 0 Å². The zero-order valence-electron chi connectivity index (χ0n) is 16.8. The van der Waals surface area contributed by atoms with Crippen LogP contribution in [0.5, 0.6) is 5.75 Å². The lowest BCUT2D eigenvalue weighted by molar-refractivity contribution is -0.122. The summed E-state index contributed by atoms with van der Waals surface area (Å²) in [6, 6.07) is 11.1. The molecule has 0 radical (unpaired) electrons. The zero-order chi connectivity index (χ0) is 20.1. The third-order valence-corrected chi connectivity index (χ3v) is 4.46. The number of hydrogen-bond donors (Lipinski definition) is 1. The molecule has 5 heteroatoms. The molecule has 0 fully saturated rings. The summed E-state index contributed by atoms with van der Waals surface area (Å²) in [5.41, 5.74) is 3.77. The number of carbonyl (C=O) groups excluding carboxylic acids is 2. The molecule has 0 bridgehead atoms. The summed E-state index contributed by atoms with van der Waals surface area (Å²) in [6.07, 6.45) is -0.689. The molecule has 0 unspecified atom stereocenters. The van der Waals surface area contributed by atoms with E-state index in [4.69, 9.17) is 9.47 Å². The Bertz CT molecular complexity index is 842. The highest BCUT2D eigenvalue weighted by Gasteiger charge is 2.20. The Morgan fingerprint density at radius 3 is 2.37 bits per heavy atom. The highest BCUT2D eigenvalue weighted by molar-refractivity contribution is 5.98. The van der Waals surface area contributed by atoms with Crippen LogP contribution in [0.2, 0.25) is 0 Å². The molecule has 144 valence electrons. The molecule has 1 amide bonds. The predicted molar refractivity (Wildman–Crippen MR) is 107 cm³/mol. The second kappa shape index (κ2) is 8.71. The molecule has 0 saturated heterocycles. The average molecular weight is 369 g/mol. The summed E-state index contributed by atoms with van der Waals surface area (Å²) in [5.74, 6) is 0.285. The van der Waals surface area contributed by atoms with Gasteiger partial charge in [0, 0.05) is 5.69 Å². The predicted octanol–water partition coefficient (Wildman–Crippen LogP) is 4.62. The van der Waals surface area contributed by atoms with Gasteiger partial charge in [0.25, 0.3) is 5.91 Å². The van der Waals surface area contributed by atoms with Gasteiger partial charge in [0.15, 0.2) is 6.10 Å². The van der Waals surface area contributed by atoms with Gasteiger partial charge < -0.3 is 14.8 Å². The Morgan fingerprint density at radius 1 is 1.04 bits per heavy atom. The Kier molecular flexibility index (Phi) is 6.61. The molecule has 2 aromatic carbocycles. The van der Waals surface area contributed by atoms with Gasteiger partial charge in [-0.25, -0.2) is 4.79 Å². The fourth-order valence-corrected chi connectivity index (χ4v) is 2.80. The van der Waals surface area contributed by atoms with E-state index in [1.54, 1.807) is 32.0 Å². The number of methoxy groups -OCH3 is 1. The smallest absolute Gasteiger partial charge is 0.338 e. The Balaban J connectivity index is 2.18. The highest BCUT2D eigenvalue weighted by atomic mass is 16.5. The molecule has 0 aromatic heterocycles. The van der Waals surface area contributed by atoms with E-state index >= 15 is 0 Å². The van der Waals surface area contributed by atoms with E-state index in [2.05, 4.69) is 19.2 Å². The molecule has 1 atom stereocenters. The normalized spacial score (nSPS) is 11.8. The van der Waals surface area contributed by atoms with Crippen LogP contribution in [0.4, 0.5) is 5.69 Å². The molecule has 0 heterocycles. The van der Waals surface area contributed by atoms with Crippen LogP contribution in [-0.4, -0.2) is 25.1 Å². The summed E-state index contributed by atoms with van der Waals surface area (Å²) in [4.78, 5) is 24.5. The van der Waals surface area contributed by atoms with Gasteiger partial charge in [-0.2, -0.15) is 0 Å². The third kappa shape index (κ3) is 4.88. The van der Waals surface area contributed by atoms with Crippen LogP contribution in [-0.2, 0) is 9.53 Å². The Hall–Kier alpha value is -2.82. The first-order chi connectivity index (χ1) is 12.7. The monoisotopic (exact) mass is 369 g/mol. The van der Waals surface area contributed by atoms with Gasteiger partial charge in [0.05, 0.1) is 12.7 Å². The van der Waals surface area contributed by atoms with Crippen LogP contribution in [0.3, 0.4) is 0 Å². The number of ether oxygens (including phenoxy) is 2. The minimum absolute atomic E-state index is 0.281. The van der Waals surface area contributed by atoms with Crippen molar-refractivity contribution in [2.45, 2.75) is 46.6 Å². The van der Waals surface area contributed by atoms with E-state index in [1.165, 1.54) is 7.11 Å². The second-order valence-corrected chi connectivity index (χ2v) is 6.92. The number of amides is 1. The van der Waals surface area contributed by atoms with Crippen molar-refractivity contribution in [3.05, 3.63) is 58.7 Å². The number of nitrogens with one attached hydrogen (secondary N) is 1. The average Bonchev–Trinajstić information content (AvgIpc) is 2.62. The van der Waals surface area contributed by atoms with Crippen molar-refractivity contribution in [1.29, 1.82) is 0 Å². The van der Waals surface area contributed by atoms with Gasteiger partial charge in [0.2, 0.25) is 0 Å². The third-order valence-electron chi connectivity index (χ3n) is 4.46. The van der Waals surface area contributed by atoms with Gasteiger partial charge in [-0.05, 0) is 61.6 Å². The fourth-order valence-electron chi connectivity index (χ4n) is 2.80. The number of benzene rings is 2. The van der Waals surface area contributed by atoms with Crippen LogP contribution in [0, 0.1) is 13.8 Å². The van der Waals surface area contributed by atoms with E-state index in [1.807, 2.05) is 25.1 Å². The van der Waals surface area contributed by atoms with E-state index in [0.717, 1.165) is 11.1 Å². The fraction of sp³-hybridized carbons (Fsp3) is 0.364. The number of hydrogen-bond acceptors (Lipinski definition) is 4. The topological polar surface area (TPSA) is 64.6 Å². The van der Waals surface area contributed by atoms with Crippen LogP contribution in [0.15, 0.2) is 36.4 Å². The van der Waals surface area contributed by atoms with E-state index < -0.39 is 12.1 Å². The van der Waals surface area contributed by atoms with E-state index in [0.29, 0.717) is 22.6 Å². The molecule has 0 saturated carbocycles. The van der Waals surface area contributed by atoms with Crippen molar-refractivity contribution in [2.24, 2.45) is 0 Å². The first-order valence-corrected chi connectivity index (χ1v) is 9.00. The molecular weight excluding hydrogens is 342 g/mol. The van der Waals surface area contributed by atoms with Crippen molar-refractivity contribution >= 4 is 17.6 Å². The van der Waals surface area contributed by atoms with Crippen LogP contribution in [0.25, 0.3) is 0 Å². The maximum atomic E-state index is 12.6. The van der Waals surface area contributed by atoms with Crippen LogP contribution < -0.4 is 10.1 Å². The summed E-state index contributed by atoms with van der Waals surface area (Å²) in [5, 5.41) is 2.84. The number of aryl methyl sites for hydroxylation is 1. The van der Waals surface area contributed by atoms with Crippen molar-refractivity contribution in [2.75, 3.05) is 12.4 Å². The maximum Gasteiger partial charge on any atom is 0.338 e. The minimum Gasteiger partial charge on any atom is -0.481 e. The van der Waals surface area contributed by atoms with Crippen molar-refractivity contribution in [3.63, 3.8) is 0 Å². The molecule has 2 rings (SSSR count). The standard InChI is InChI=1S/C22H27NO4/c1-13(2)17-11-10-14(3)12-20(17)27-16(5)21(24)23-19-9-7-8-18(15(19)4)22(25)26-6/h7-13,16H,1-6H3,(H,23,24)/t16-/m0/s1. The molecule has 5 nitrogen and oxygen atoms in total.